The molecular weight excluding hydrogens is 288 g/mol. The molecule has 5 nitrogen and oxygen atoms in total. The molecule has 0 aromatic carbocycles. The fraction of sp³-hybridized carbons (Fsp3) is 0.867. The van der Waals surface area contributed by atoms with Crippen LogP contribution in [0, 0.1) is 5.41 Å². The van der Waals surface area contributed by atoms with E-state index in [0.29, 0.717) is 18.9 Å². The Morgan fingerprint density at radius 1 is 1.33 bits per heavy atom. The maximum Gasteiger partial charge on any atom is 0.329 e. The molecule has 2 saturated heterocycles. The molecule has 0 radical (unpaired) electrons. The van der Waals surface area contributed by atoms with Crippen molar-refractivity contribution in [2.45, 2.75) is 39.2 Å². The first kappa shape index (κ1) is 16.6. The van der Waals surface area contributed by atoms with E-state index in [9.17, 15) is 9.59 Å². The topological polar surface area (TPSA) is 58.6 Å². The second-order valence-corrected chi connectivity index (χ2v) is 6.88. The quantitative estimate of drug-likeness (QED) is 0.792. The molecule has 2 fully saturated rings. The van der Waals surface area contributed by atoms with E-state index in [1.54, 1.807) is 23.6 Å². The molecule has 0 aromatic rings. The summed E-state index contributed by atoms with van der Waals surface area (Å²) in [5, 5.41) is 3.32. The fourth-order valence-electron chi connectivity index (χ4n) is 3.21. The van der Waals surface area contributed by atoms with Crippen LogP contribution in [0.1, 0.15) is 33.1 Å². The van der Waals surface area contributed by atoms with Crippen molar-refractivity contribution >= 4 is 23.6 Å². The molecule has 0 spiro atoms. The highest BCUT2D eigenvalue weighted by molar-refractivity contribution is 7.99. The van der Waals surface area contributed by atoms with E-state index in [4.69, 9.17) is 4.74 Å². The van der Waals surface area contributed by atoms with Crippen molar-refractivity contribution in [3.05, 3.63) is 0 Å². The molecule has 1 N–H and O–H groups in total. The van der Waals surface area contributed by atoms with Crippen molar-refractivity contribution in [3.63, 3.8) is 0 Å². The molecule has 0 saturated carbocycles. The molecule has 0 aliphatic carbocycles. The lowest BCUT2D eigenvalue weighted by molar-refractivity contribution is -0.158. The minimum atomic E-state index is -0.408. The Labute approximate surface area is 131 Å². The normalized spacial score (nSPS) is 25.4. The Kier molecular flexibility index (Phi) is 5.93. The van der Waals surface area contributed by atoms with Crippen molar-refractivity contribution < 1.29 is 14.3 Å². The molecule has 2 aliphatic rings. The highest BCUT2D eigenvalue weighted by Gasteiger charge is 2.44. The largest absolute Gasteiger partial charge is 0.464 e. The molecule has 1 atom stereocenters. The number of ether oxygens (including phenoxy) is 1. The molecule has 6 heteroatoms. The summed E-state index contributed by atoms with van der Waals surface area (Å²) in [4.78, 5) is 27.0. The summed E-state index contributed by atoms with van der Waals surface area (Å²) < 4.78 is 5.16. The lowest BCUT2D eigenvalue weighted by atomic mass is 9.75. The van der Waals surface area contributed by atoms with Crippen molar-refractivity contribution in [3.8, 4) is 0 Å². The molecule has 2 rings (SSSR count). The Balaban J connectivity index is 2.15. The number of esters is 1. The molecule has 0 bridgehead atoms. The van der Waals surface area contributed by atoms with Crippen molar-refractivity contribution in [2.24, 2.45) is 5.41 Å². The SMILES string of the molecule is CCOC(=O)C1CSCCN1C(=O)C1(CC)CCNCC1. The van der Waals surface area contributed by atoms with Gasteiger partial charge in [0, 0.05) is 18.1 Å². The lowest BCUT2D eigenvalue weighted by Crippen LogP contribution is -2.57. The Morgan fingerprint density at radius 3 is 2.67 bits per heavy atom. The van der Waals surface area contributed by atoms with Gasteiger partial charge in [-0.15, -0.1) is 0 Å². The Morgan fingerprint density at radius 2 is 2.05 bits per heavy atom. The maximum absolute atomic E-state index is 13.1. The van der Waals surface area contributed by atoms with Gasteiger partial charge >= 0.3 is 5.97 Å². The highest BCUT2D eigenvalue weighted by atomic mass is 32.2. The first-order valence-electron chi connectivity index (χ1n) is 7.91. The summed E-state index contributed by atoms with van der Waals surface area (Å²) in [6, 6.07) is -0.408. The van der Waals surface area contributed by atoms with E-state index in [2.05, 4.69) is 12.2 Å². The van der Waals surface area contributed by atoms with E-state index in [0.717, 1.165) is 38.1 Å². The molecule has 0 aromatic heterocycles. The van der Waals surface area contributed by atoms with E-state index in [1.807, 2.05) is 0 Å². The zero-order valence-corrected chi connectivity index (χ0v) is 13.8. The third-order valence-corrected chi connectivity index (χ3v) is 5.66. The zero-order chi connectivity index (χ0) is 15.3. The molecule has 2 aliphatic heterocycles. The van der Waals surface area contributed by atoms with Gasteiger partial charge in [-0.2, -0.15) is 11.8 Å². The molecule has 120 valence electrons. The van der Waals surface area contributed by atoms with Gasteiger partial charge in [-0.05, 0) is 39.3 Å². The Hall–Kier alpha value is -0.750. The predicted octanol–water partition coefficient (Wildman–Crippen LogP) is 1.27. The average Bonchev–Trinajstić information content (AvgIpc) is 2.55. The van der Waals surface area contributed by atoms with Crippen LogP contribution in [0.3, 0.4) is 0 Å². The second-order valence-electron chi connectivity index (χ2n) is 5.73. The van der Waals surface area contributed by atoms with Crippen LogP contribution < -0.4 is 5.32 Å². The van der Waals surface area contributed by atoms with E-state index in [-0.39, 0.29) is 17.3 Å². The number of nitrogens with one attached hydrogen (secondary N) is 1. The average molecular weight is 314 g/mol. The van der Waals surface area contributed by atoms with Crippen LogP contribution in [0.4, 0.5) is 0 Å². The van der Waals surface area contributed by atoms with E-state index < -0.39 is 6.04 Å². The number of thioether (sulfide) groups is 1. The van der Waals surface area contributed by atoms with Crippen molar-refractivity contribution in [2.75, 3.05) is 37.7 Å². The lowest BCUT2D eigenvalue weighted by Gasteiger charge is -2.43. The summed E-state index contributed by atoms with van der Waals surface area (Å²) in [5.74, 6) is 1.46. The summed E-state index contributed by atoms with van der Waals surface area (Å²) in [7, 11) is 0. The smallest absolute Gasteiger partial charge is 0.329 e. The third-order valence-electron chi connectivity index (χ3n) is 4.64. The zero-order valence-electron chi connectivity index (χ0n) is 13.0. The first-order valence-corrected chi connectivity index (χ1v) is 9.06. The van der Waals surface area contributed by atoms with Crippen LogP contribution in [0.2, 0.25) is 0 Å². The number of hydrogen-bond acceptors (Lipinski definition) is 5. The minimum Gasteiger partial charge on any atom is -0.464 e. The number of piperidine rings is 1. The van der Waals surface area contributed by atoms with Crippen LogP contribution in [0.5, 0.6) is 0 Å². The van der Waals surface area contributed by atoms with Crippen LogP contribution >= 0.6 is 11.8 Å². The van der Waals surface area contributed by atoms with Gasteiger partial charge in [0.25, 0.3) is 0 Å². The van der Waals surface area contributed by atoms with E-state index in [1.165, 1.54) is 0 Å². The van der Waals surface area contributed by atoms with Gasteiger partial charge in [0.1, 0.15) is 6.04 Å². The number of hydrogen-bond donors (Lipinski definition) is 1. The number of nitrogens with zero attached hydrogens (tertiary/aromatic N) is 1. The number of carbonyl (C=O) groups excluding carboxylic acids is 2. The van der Waals surface area contributed by atoms with Crippen LogP contribution in [-0.2, 0) is 14.3 Å². The van der Waals surface area contributed by atoms with Crippen LogP contribution in [0.25, 0.3) is 0 Å². The molecule has 1 amide bonds. The third kappa shape index (κ3) is 3.54. The van der Waals surface area contributed by atoms with Gasteiger partial charge in [-0.1, -0.05) is 6.92 Å². The van der Waals surface area contributed by atoms with E-state index >= 15 is 0 Å². The van der Waals surface area contributed by atoms with Crippen molar-refractivity contribution in [1.82, 2.24) is 10.2 Å². The minimum absolute atomic E-state index is 0.157. The summed E-state index contributed by atoms with van der Waals surface area (Å²) >= 11 is 1.72. The number of rotatable bonds is 4. The van der Waals surface area contributed by atoms with Gasteiger partial charge in [-0.25, -0.2) is 4.79 Å². The summed E-state index contributed by atoms with van der Waals surface area (Å²) in [6.45, 7) is 6.67. The first-order chi connectivity index (χ1) is 10.1. The van der Waals surface area contributed by atoms with Gasteiger partial charge in [0.2, 0.25) is 5.91 Å². The molecular formula is C15H26N2O3S. The molecule has 21 heavy (non-hydrogen) atoms. The van der Waals surface area contributed by atoms with Crippen LogP contribution in [0.15, 0.2) is 0 Å². The van der Waals surface area contributed by atoms with Gasteiger partial charge < -0.3 is 15.0 Å². The monoisotopic (exact) mass is 314 g/mol. The molecule has 2 heterocycles. The Bertz CT molecular complexity index is 383. The van der Waals surface area contributed by atoms with Gasteiger partial charge in [0.05, 0.1) is 12.0 Å². The van der Waals surface area contributed by atoms with Gasteiger partial charge in [-0.3, -0.25) is 4.79 Å². The van der Waals surface area contributed by atoms with Crippen molar-refractivity contribution in [1.29, 1.82) is 0 Å². The standard InChI is InChI=1S/C15H26N2O3S/c1-3-15(5-7-16-8-6-15)14(19)17-9-10-21-11-12(17)13(18)20-4-2/h12,16H,3-11H2,1-2H3. The fourth-order valence-corrected chi connectivity index (χ4v) is 4.24. The number of amides is 1. The predicted molar refractivity (Wildman–Crippen MR) is 84.3 cm³/mol. The maximum atomic E-state index is 13.1. The summed E-state index contributed by atoms with van der Waals surface area (Å²) in [5.41, 5.74) is -0.294. The second kappa shape index (κ2) is 7.49. The van der Waals surface area contributed by atoms with Crippen LogP contribution in [-0.4, -0.2) is 60.6 Å². The highest BCUT2D eigenvalue weighted by Crippen LogP contribution is 2.36. The summed E-state index contributed by atoms with van der Waals surface area (Å²) in [6.07, 6.45) is 2.57. The molecule has 1 unspecified atom stereocenters. The van der Waals surface area contributed by atoms with Gasteiger partial charge in [0.15, 0.2) is 0 Å². The number of carbonyl (C=O) groups is 2.